The monoisotopic (exact) mass is 433 g/mol. The van der Waals surface area contributed by atoms with E-state index in [-0.39, 0.29) is 24.5 Å². The zero-order valence-corrected chi connectivity index (χ0v) is 17.5. The van der Waals surface area contributed by atoms with Crippen molar-refractivity contribution < 1.29 is 28.6 Å². The van der Waals surface area contributed by atoms with Crippen molar-refractivity contribution in [3.05, 3.63) is 95.6 Å². The average Bonchev–Trinajstić information content (AvgIpc) is 2.82. The summed E-state index contributed by atoms with van der Waals surface area (Å²) >= 11 is 0. The average molecular weight is 433 g/mol. The Kier molecular flexibility index (Phi) is 7.72. The molecule has 3 rings (SSSR count). The molecule has 3 aromatic carbocycles. The predicted octanol–water partition coefficient (Wildman–Crippen LogP) is 3.56. The van der Waals surface area contributed by atoms with E-state index in [1.54, 1.807) is 73.7 Å². The van der Waals surface area contributed by atoms with Crippen molar-refractivity contribution in [1.82, 2.24) is 0 Å². The van der Waals surface area contributed by atoms with E-state index in [1.165, 1.54) is 12.1 Å². The third kappa shape index (κ3) is 6.02. The van der Waals surface area contributed by atoms with E-state index >= 15 is 0 Å². The second kappa shape index (κ2) is 10.9. The highest BCUT2D eigenvalue weighted by molar-refractivity contribution is 5.93. The summed E-state index contributed by atoms with van der Waals surface area (Å²) in [5, 5.41) is 0. The summed E-state index contributed by atoms with van der Waals surface area (Å²) in [7, 11) is 0. The number of esters is 3. The first kappa shape index (κ1) is 22.7. The van der Waals surface area contributed by atoms with Crippen LogP contribution in [0.1, 0.15) is 33.2 Å². The lowest BCUT2D eigenvalue weighted by molar-refractivity contribution is -0.144. The second-order valence-electron chi connectivity index (χ2n) is 6.85. The molecule has 0 aliphatic heterocycles. The Balaban J connectivity index is 1.86. The maximum atomic E-state index is 12.6. The fourth-order valence-electron chi connectivity index (χ4n) is 2.90. The summed E-state index contributed by atoms with van der Waals surface area (Å²) in [6.07, 6.45) is 0.154. The summed E-state index contributed by atoms with van der Waals surface area (Å²) in [6.45, 7) is 1.92. The van der Waals surface area contributed by atoms with E-state index in [4.69, 9.17) is 19.9 Å². The molecular formula is C25H23NO6. The van der Waals surface area contributed by atoms with Crippen LogP contribution in [0.25, 0.3) is 0 Å². The summed E-state index contributed by atoms with van der Waals surface area (Å²) in [5.74, 6) is -1.64. The number of hydrogen-bond donors (Lipinski definition) is 1. The fourth-order valence-corrected chi connectivity index (χ4v) is 2.90. The minimum Gasteiger partial charge on any atom is -0.465 e. The molecule has 0 unspecified atom stereocenters. The van der Waals surface area contributed by atoms with Gasteiger partial charge in [-0.3, -0.25) is 4.79 Å². The van der Waals surface area contributed by atoms with E-state index in [2.05, 4.69) is 0 Å². The lowest BCUT2D eigenvalue weighted by Gasteiger charge is -2.14. The van der Waals surface area contributed by atoms with Gasteiger partial charge in [-0.2, -0.15) is 0 Å². The lowest BCUT2D eigenvalue weighted by Crippen LogP contribution is -2.34. The van der Waals surface area contributed by atoms with Crippen LogP contribution in [-0.2, 0) is 16.0 Å². The van der Waals surface area contributed by atoms with Crippen LogP contribution in [0.2, 0.25) is 0 Å². The van der Waals surface area contributed by atoms with Gasteiger partial charge in [0, 0.05) is 0 Å². The van der Waals surface area contributed by atoms with Gasteiger partial charge >= 0.3 is 17.9 Å². The summed E-state index contributed by atoms with van der Waals surface area (Å²) in [6, 6.07) is 20.6. The minimum atomic E-state index is -0.884. The molecule has 0 saturated carbocycles. The highest BCUT2D eigenvalue weighted by Gasteiger charge is 2.20. The molecule has 3 aromatic rings. The van der Waals surface area contributed by atoms with Crippen molar-refractivity contribution in [2.75, 3.05) is 6.61 Å². The molecule has 0 radical (unpaired) electrons. The van der Waals surface area contributed by atoms with Gasteiger partial charge in [-0.15, -0.1) is 0 Å². The van der Waals surface area contributed by atoms with E-state index in [0.717, 1.165) is 0 Å². The van der Waals surface area contributed by atoms with Crippen molar-refractivity contribution >= 4 is 17.9 Å². The summed E-state index contributed by atoms with van der Waals surface area (Å²) < 4.78 is 15.9. The Hall–Kier alpha value is -3.97. The minimum absolute atomic E-state index is 0.0386. The number of benzene rings is 3. The van der Waals surface area contributed by atoms with Crippen LogP contribution in [0.4, 0.5) is 0 Å². The van der Waals surface area contributed by atoms with Crippen LogP contribution >= 0.6 is 0 Å². The molecule has 0 bridgehead atoms. The van der Waals surface area contributed by atoms with E-state index < -0.39 is 23.9 Å². The third-order valence-corrected chi connectivity index (χ3v) is 4.48. The van der Waals surface area contributed by atoms with Gasteiger partial charge in [-0.1, -0.05) is 42.5 Å². The smallest absolute Gasteiger partial charge is 0.343 e. The first-order chi connectivity index (χ1) is 15.5. The van der Waals surface area contributed by atoms with Gasteiger partial charge in [-0.25, -0.2) is 9.59 Å². The Labute approximate surface area is 185 Å². The maximum absolute atomic E-state index is 12.6. The Bertz CT molecular complexity index is 1080. The number of nitrogens with two attached hydrogens (primary N) is 1. The molecule has 164 valence electrons. The van der Waals surface area contributed by atoms with Gasteiger partial charge in [0.25, 0.3) is 0 Å². The Morgan fingerprint density at radius 1 is 0.781 bits per heavy atom. The maximum Gasteiger partial charge on any atom is 0.343 e. The highest BCUT2D eigenvalue weighted by atomic mass is 16.6. The van der Waals surface area contributed by atoms with Crippen LogP contribution in [0.15, 0.2) is 78.9 Å². The molecule has 7 heteroatoms. The Morgan fingerprint density at radius 2 is 1.31 bits per heavy atom. The van der Waals surface area contributed by atoms with Gasteiger partial charge in [0.15, 0.2) is 11.5 Å². The van der Waals surface area contributed by atoms with Crippen LogP contribution in [0, 0.1) is 0 Å². The van der Waals surface area contributed by atoms with Crippen LogP contribution < -0.4 is 15.2 Å². The zero-order chi connectivity index (χ0) is 22.9. The van der Waals surface area contributed by atoms with E-state index in [0.29, 0.717) is 16.7 Å². The van der Waals surface area contributed by atoms with Crippen molar-refractivity contribution in [1.29, 1.82) is 0 Å². The molecule has 0 aromatic heterocycles. The molecule has 0 amide bonds. The van der Waals surface area contributed by atoms with Crippen molar-refractivity contribution in [3.8, 4) is 11.5 Å². The van der Waals surface area contributed by atoms with Crippen molar-refractivity contribution in [3.63, 3.8) is 0 Å². The van der Waals surface area contributed by atoms with E-state index in [1.807, 2.05) is 0 Å². The third-order valence-electron chi connectivity index (χ3n) is 4.48. The number of carbonyl (C=O) groups excluding carboxylic acids is 3. The Morgan fingerprint density at radius 3 is 1.84 bits per heavy atom. The molecule has 0 fully saturated rings. The van der Waals surface area contributed by atoms with Gasteiger partial charge in [-0.05, 0) is 55.3 Å². The summed E-state index contributed by atoms with van der Waals surface area (Å²) in [4.78, 5) is 37.0. The van der Waals surface area contributed by atoms with Crippen molar-refractivity contribution in [2.24, 2.45) is 5.73 Å². The largest absolute Gasteiger partial charge is 0.465 e. The molecule has 32 heavy (non-hydrogen) atoms. The normalized spacial score (nSPS) is 11.3. The molecular weight excluding hydrogens is 410 g/mol. The van der Waals surface area contributed by atoms with Gasteiger partial charge in [0.1, 0.15) is 6.04 Å². The second-order valence-corrected chi connectivity index (χ2v) is 6.85. The number of ether oxygens (including phenoxy) is 3. The van der Waals surface area contributed by atoms with Gasteiger partial charge in [0.05, 0.1) is 17.7 Å². The first-order valence-corrected chi connectivity index (χ1v) is 10.1. The van der Waals surface area contributed by atoms with Crippen LogP contribution in [0.3, 0.4) is 0 Å². The summed E-state index contributed by atoms with van der Waals surface area (Å²) in [5.41, 5.74) is 7.20. The lowest BCUT2D eigenvalue weighted by atomic mass is 10.1. The van der Waals surface area contributed by atoms with Gasteiger partial charge in [0.2, 0.25) is 0 Å². The quantitative estimate of drug-likeness (QED) is 0.428. The first-order valence-electron chi connectivity index (χ1n) is 10.1. The number of hydrogen-bond acceptors (Lipinski definition) is 7. The SMILES string of the molecule is CCOC(=O)[C@@H](N)Cc1ccc(OC(=O)c2ccccc2)c(OC(=O)c2ccccc2)c1. The standard InChI is InChI=1S/C25H23NO6/c1-2-30-25(29)20(26)15-17-13-14-21(31-23(27)18-9-5-3-6-10-18)22(16-17)32-24(28)19-11-7-4-8-12-19/h3-14,16,20H,2,15,26H2,1H3/t20-/m0/s1. The number of rotatable bonds is 8. The van der Waals surface area contributed by atoms with Crippen LogP contribution in [-0.4, -0.2) is 30.6 Å². The molecule has 0 heterocycles. The van der Waals surface area contributed by atoms with E-state index in [9.17, 15) is 14.4 Å². The molecule has 7 nitrogen and oxygen atoms in total. The zero-order valence-electron chi connectivity index (χ0n) is 17.5. The fraction of sp³-hybridized carbons (Fsp3) is 0.160. The van der Waals surface area contributed by atoms with Crippen molar-refractivity contribution in [2.45, 2.75) is 19.4 Å². The van der Waals surface area contributed by atoms with Crippen LogP contribution in [0.5, 0.6) is 11.5 Å². The predicted molar refractivity (Wildman–Crippen MR) is 118 cm³/mol. The molecule has 2 N–H and O–H groups in total. The molecule has 0 saturated heterocycles. The highest BCUT2D eigenvalue weighted by Crippen LogP contribution is 2.30. The number of carbonyl (C=O) groups is 3. The topological polar surface area (TPSA) is 105 Å². The molecule has 1 atom stereocenters. The molecule has 0 spiro atoms. The van der Waals surface area contributed by atoms with Gasteiger partial charge < -0.3 is 19.9 Å². The molecule has 0 aliphatic carbocycles. The molecule has 0 aliphatic rings.